The van der Waals surface area contributed by atoms with Crippen LogP contribution >= 0.6 is 0 Å². The van der Waals surface area contributed by atoms with Crippen LogP contribution in [0.3, 0.4) is 0 Å². The molecule has 0 radical (unpaired) electrons. The van der Waals surface area contributed by atoms with Crippen LogP contribution in [0.25, 0.3) is 6.08 Å². The lowest BCUT2D eigenvalue weighted by Gasteiger charge is -2.12. The number of hydrogen-bond acceptors (Lipinski definition) is 3. The molecule has 0 saturated heterocycles. The molecule has 1 heterocycles. The van der Waals surface area contributed by atoms with E-state index in [-0.39, 0.29) is 0 Å². The first-order valence-electron chi connectivity index (χ1n) is 7.39. The van der Waals surface area contributed by atoms with Gasteiger partial charge in [-0.2, -0.15) is 0 Å². The molecule has 0 aliphatic heterocycles. The fourth-order valence-electron chi connectivity index (χ4n) is 2.05. The lowest BCUT2D eigenvalue weighted by atomic mass is 10.2. The van der Waals surface area contributed by atoms with Crippen LogP contribution in [0.2, 0.25) is 0 Å². The molecule has 0 spiro atoms. The lowest BCUT2D eigenvalue weighted by Crippen LogP contribution is -2.14. The van der Waals surface area contributed by atoms with Crippen LogP contribution in [0.1, 0.15) is 31.4 Å². The number of hydrogen-bond donors (Lipinski definition) is 1. The first-order valence-corrected chi connectivity index (χ1v) is 7.39. The smallest absolute Gasteiger partial charge is 0.223 e. The number of para-hydroxylation sites is 1. The third-order valence-corrected chi connectivity index (χ3v) is 3.06. The summed E-state index contributed by atoms with van der Waals surface area (Å²) in [6.07, 6.45) is 6.91. The Hall–Kier alpha value is -2.13. The van der Waals surface area contributed by atoms with E-state index in [4.69, 9.17) is 4.74 Å². The van der Waals surface area contributed by atoms with Gasteiger partial charge in [-0.3, -0.25) is 0 Å². The van der Waals surface area contributed by atoms with Gasteiger partial charge in [-0.1, -0.05) is 43.3 Å². The second kappa shape index (κ2) is 8.22. The fourth-order valence-corrected chi connectivity index (χ4v) is 2.05. The van der Waals surface area contributed by atoms with Gasteiger partial charge in [0.1, 0.15) is 5.75 Å². The second-order valence-electron chi connectivity index (χ2n) is 4.78. The summed E-state index contributed by atoms with van der Waals surface area (Å²) in [5, 5.41) is 3.38. The summed E-state index contributed by atoms with van der Waals surface area (Å²) in [6.45, 7) is 5.91. The average Bonchev–Trinajstić information content (AvgIpc) is 2.51. The minimum absolute atomic E-state index is 0.665. The lowest BCUT2D eigenvalue weighted by molar-refractivity contribution is 0.452. The molecule has 0 unspecified atom stereocenters. The van der Waals surface area contributed by atoms with E-state index in [1.54, 1.807) is 6.20 Å². The predicted molar refractivity (Wildman–Crippen MR) is 87.5 cm³/mol. The molecule has 1 N–H and O–H groups in total. The number of benzene rings is 1. The van der Waals surface area contributed by atoms with Crippen molar-refractivity contribution in [1.29, 1.82) is 0 Å². The number of ether oxygens (including phenoxy) is 1. The largest absolute Gasteiger partial charge is 0.438 e. The zero-order chi connectivity index (χ0) is 14.9. The van der Waals surface area contributed by atoms with Gasteiger partial charge in [-0.05, 0) is 32.0 Å². The molecule has 2 aromatic rings. The molecular weight excluding hydrogens is 260 g/mol. The molecule has 21 heavy (non-hydrogen) atoms. The second-order valence-corrected chi connectivity index (χ2v) is 4.78. The van der Waals surface area contributed by atoms with Gasteiger partial charge in [-0.25, -0.2) is 4.98 Å². The molecular formula is C18H22N2O. The molecule has 0 bridgehead atoms. The van der Waals surface area contributed by atoms with Crippen molar-refractivity contribution >= 4 is 6.08 Å². The van der Waals surface area contributed by atoms with E-state index in [0.29, 0.717) is 5.88 Å². The molecule has 1 aromatic carbocycles. The Morgan fingerprint density at radius 3 is 2.86 bits per heavy atom. The van der Waals surface area contributed by atoms with Crippen molar-refractivity contribution < 1.29 is 4.74 Å². The molecule has 0 aliphatic rings. The highest BCUT2D eigenvalue weighted by Gasteiger charge is 2.07. The van der Waals surface area contributed by atoms with Crippen LogP contribution in [0.4, 0.5) is 0 Å². The Kier molecular flexibility index (Phi) is 5.98. The highest BCUT2D eigenvalue weighted by atomic mass is 16.5. The average molecular weight is 282 g/mol. The monoisotopic (exact) mass is 282 g/mol. The third-order valence-electron chi connectivity index (χ3n) is 3.06. The molecule has 110 valence electrons. The Bertz CT molecular complexity index is 593. The maximum Gasteiger partial charge on any atom is 0.223 e. The Morgan fingerprint density at radius 2 is 2.05 bits per heavy atom. The predicted octanol–water partition coefficient (Wildman–Crippen LogP) is 4.41. The summed E-state index contributed by atoms with van der Waals surface area (Å²) in [6, 6.07) is 12.0. The molecule has 3 heteroatoms. The van der Waals surface area contributed by atoms with Crippen LogP contribution in [-0.2, 0) is 6.54 Å². The fraction of sp³-hybridized carbons (Fsp3) is 0.278. The summed E-state index contributed by atoms with van der Waals surface area (Å²) in [7, 11) is 0. The first kappa shape index (κ1) is 15.3. The molecule has 0 saturated carbocycles. The topological polar surface area (TPSA) is 34.1 Å². The van der Waals surface area contributed by atoms with Gasteiger partial charge in [0, 0.05) is 23.9 Å². The van der Waals surface area contributed by atoms with E-state index in [1.165, 1.54) is 0 Å². The van der Waals surface area contributed by atoms with Crippen molar-refractivity contribution in [3.63, 3.8) is 0 Å². The zero-order valence-corrected chi connectivity index (χ0v) is 12.7. The van der Waals surface area contributed by atoms with Crippen LogP contribution in [0, 0.1) is 0 Å². The van der Waals surface area contributed by atoms with Gasteiger partial charge in [0.15, 0.2) is 0 Å². The van der Waals surface area contributed by atoms with E-state index in [9.17, 15) is 0 Å². The molecule has 2 rings (SSSR count). The zero-order valence-electron chi connectivity index (χ0n) is 12.7. The van der Waals surface area contributed by atoms with Gasteiger partial charge >= 0.3 is 0 Å². The molecule has 0 atom stereocenters. The van der Waals surface area contributed by atoms with Crippen LogP contribution < -0.4 is 10.1 Å². The standard InChI is InChI=1S/C18H22N2O/c1-3-8-15-9-5-6-11-17(15)21-18-16(10-7-13-20-18)14-19-12-4-2/h3,5-11,13,19H,4,12,14H2,1-2H3. The Morgan fingerprint density at radius 1 is 1.19 bits per heavy atom. The number of aromatic nitrogens is 1. The van der Waals surface area contributed by atoms with E-state index < -0.39 is 0 Å². The van der Waals surface area contributed by atoms with Crippen molar-refractivity contribution in [3.05, 3.63) is 59.8 Å². The molecule has 0 aliphatic carbocycles. The van der Waals surface area contributed by atoms with Crippen LogP contribution in [0.5, 0.6) is 11.6 Å². The van der Waals surface area contributed by atoms with Gasteiger partial charge in [0.05, 0.1) is 0 Å². The van der Waals surface area contributed by atoms with E-state index >= 15 is 0 Å². The summed E-state index contributed by atoms with van der Waals surface area (Å²) < 4.78 is 6.02. The minimum Gasteiger partial charge on any atom is -0.438 e. The van der Waals surface area contributed by atoms with Crippen LogP contribution in [-0.4, -0.2) is 11.5 Å². The van der Waals surface area contributed by atoms with Crippen molar-refractivity contribution in [1.82, 2.24) is 10.3 Å². The Labute approximate surface area is 126 Å². The quantitative estimate of drug-likeness (QED) is 0.764. The highest BCUT2D eigenvalue weighted by Crippen LogP contribution is 2.27. The maximum atomic E-state index is 6.02. The molecule has 0 amide bonds. The van der Waals surface area contributed by atoms with Gasteiger partial charge in [0.2, 0.25) is 5.88 Å². The van der Waals surface area contributed by atoms with Gasteiger partial charge in [0.25, 0.3) is 0 Å². The normalized spacial score (nSPS) is 11.0. The van der Waals surface area contributed by atoms with Crippen molar-refractivity contribution in [3.8, 4) is 11.6 Å². The maximum absolute atomic E-state index is 6.02. The summed E-state index contributed by atoms with van der Waals surface area (Å²) in [5.41, 5.74) is 2.12. The van der Waals surface area contributed by atoms with E-state index in [2.05, 4.69) is 17.2 Å². The van der Waals surface area contributed by atoms with E-state index in [1.807, 2.05) is 55.5 Å². The number of rotatable bonds is 7. The van der Waals surface area contributed by atoms with Crippen molar-refractivity contribution in [2.24, 2.45) is 0 Å². The molecule has 1 aromatic heterocycles. The third kappa shape index (κ3) is 4.43. The van der Waals surface area contributed by atoms with Gasteiger partial charge < -0.3 is 10.1 Å². The minimum atomic E-state index is 0.665. The van der Waals surface area contributed by atoms with Gasteiger partial charge in [-0.15, -0.1) is 0 Å². The summed E-state index contributed by atoms with van der Waals surface area (Å²) in [4.78, 5) is 4.37. The molecule has 3 nitrogen and oxygen atoms in total. The summed E-state index contributed by atoms with van der Waals surface area (Å²) >= 11 is 0. The number of pyridine rings is 1. The molecule has 0 fully saturated rings. The number of nitrogens with one attached hydrogen (secondary N) is 1. The summed E-state index contributed by atoms with van der Waals surface area (Å²) in [5.74, 6) is 1.49. The number of nitrogens with zero attached hydrogens (tertiary/aromatic N) is 1. The van der Waals surface area contributed by atoms with Crippen LogP contribution in [0.15, 0.2) is 48.7 Å². The Balaban J connectivity index is 2.19. The van der Waals surface area contributed by atoms with Crippen molar-refractivity contribution in [2.75, 3.05) is 6.54 Å². The first-order chi connectivity index (χ1) is 10.3. The van der Waals surface area contributed by atoms with E-state index in [0.717, 1.165) is 36.4 Å². The SMILES string of the molecule is CC=Cc1ccccc1Oc1ncccc1CNCCC. The number of allylic oxidation sites excluding steroid dienone is 1. The highest BCUT2D eigenvalue weighted by molar-refractivity contribution is 5.57. The van der Waals surface area contributed by atoms with Crippen molar-refractivity contribution in [2.45, 2.75) is 26.8 Å².